The molecule has 8 heteroatoms. The molecule has 1 aromatic rings. The first kappa shape index (κ1) is 24.7. The number of anilines is 1. The number of unbranched alkanes of at least 4 members (excludes halogenated alkanes) is 1. The van der Waals surface area contributed by atoms with Gasteiger partial charge in [0, 0.05) is 39.0 Å². The predicted octanol–water partition coefficient (Wildman–Crippen LogP) is 1.98. The zero-order chi connectivity index (χ0) is 25.8. The van der Waals surface area contributed by atoms with Gasteiger partial charge in [0.05, 0.1) is 17.4 Å². The summed E-state index contributed by atoms with van der Waals surface area (Å²) in [5.74, 6) is -2.13. The molecule has 8 nitrogen and oxygen atoms in total. The van der Waals surface area contributed by atoms with Crippen molar-refractivity contribution in [1.82, 2.24) is 9.80 Å². The van der Waals surface area contributed by atoms with Crippen LogP contribution < -0.4 is 4.90 Å². The summed E-state index contributed by atoms with van der Waals surface area (Å²) < 4.78 is 6.78. The van der Waals surface area contributed by atoms with E-state index in [1.165, 1.54) is 0 Å². The average Bonchev–Trinajstić information content (AvgIpc) is 3.10. The van der Waals surface area contributed by atoms with Crippen LogP contribution in [0.2, 0.25) is 0 Å². The van der Waals surface area contributed by atoms with Gasteiger partial charge in [0.1, 0.15) is 11.6 Å². The Bertz CT molecular complexity index is 1160. The third-order valence-electron chi connectivity index (χ3n) is 8.22. The molecule has 0 bridgehead atoms. The lowest BCUT2D eigenvalue weighted by Gasteiger charge is -2.37. The summed E-state index contributed by atoms with van der Waals surface area (Å²) in [5.41, 5.74) is 0.558. The van der Waals surface area contributed by atoms with Gasteiger partial charge in [-0.2, -0.15) is 0 Å². The number of ether oxygens (including phenoxy) is 1. The summed E-state index contributed by atoms with van der Waals surface area (Å²) in [7, 11) is 1.73. The van der Waals surface area contributed by atoms with Gasteiger partial charge in [-0.3, -0.25) is 14.4 Å². The number of hydrogen-bond acceptors (Lipinski definition) is 5. The predicted molar refractivity (Wildman–Crippen MR) is 135 cm³/mol. The Balaban J connectivity index is 1.64. The van der Waals surface area contributed by atoms with Crippen LogP contribution in [0.15, 0.2) is 42.5 Å². The number of rotatable bonds is 5. The zero-order valence-electron chi connectivity index (χ0n) is 21.4. The smallest absolute Gasteiger partial charge is 0.253 e. The number of amides is 3. The van der Waals surface area contributed by atoms with Crippen molar-refractivity contribution in [2.45, 2.75) is 50.9 Å². The van der Waals surface area contributed by atoms with Crippen molar-refractivity contribution in [2.24, 2.45) is 11.8 Å². The number of hydrogen-bond donors (Lipinski definition) is 1. The van der Waals surface area contributed by atoms with Gasteiger partial charge in [-0.05, 0) is 50.8 Å². The number of likely N-dealkylation sites (tertiary alicyclic amines) is 1. The topological polar surface area (TPSA) is 90.4 Å². The Labute approximate surface area is 212 Å². The van der Waals surface area contributed by atoms with E-state index in [2.05, 4.69) is 0 Å². The maximum Gasteiger partial charge on any atom is 0.253 e. The van der Waals surface area contributed by atoms with Crippen LogP contribution in [-0.4, -0.2) is 83.2 Å². The Morgan fingerprint density at radius 2 is 1.75 bits per heavy atom. The molecule has 0 saturated carbocycles. The maximum atomic E-state index is 14.4. The number of aliphatic hydroxyl groups is 1. The molecule has 0 aromatic heterocycles. The summed E-state index contributed by atoms with van der Waals surface area (Å²) in [6.45, 7) is 6.93. The number of nitrogens with zero attached hydrogens (tertiary/aromatic N) is 3. The van der Waals surface area contributed by atoms with Crippen molar-refractivity contribution in [1.29, 1.82) is 0 Å². The number of fused-ring (bicyclic) bond motifs is 2. The molecule has 4 aliphatic heterocycles. The molecule has 0 radical (unpaired) electrons. The molecule has 1 spiro atoms. The molecule has 5 rings (SSSR count). The maximum absolute atomic E-state index is 14.4. The van der Waals surface area contributed by atoms with E-state index in [-0.39, 0.29) is 24.3 Å². The molecule has 36 heavy (non-hydrogen) atoms. The fraction of sp³-hybridized carbons (Fsp3) is 0.536. The second kappa shape index (κ2) is 8.85. The summed E-state index contributed by atoms with van der Waals surface area (Å²) in [6, 6.07) is 5.10. The van der Waals surface area contributed by atoms with Gasteiger partial charge in [-0.25, -0.2) is 0 Å². The van der Waals surface area contributed by atoms with E-state index >= 15 is 0 Å². The zero-order valence-corrected chi connectivity index (χ0v) is 21.4. The molecule has 1 unspecified atom stereocenters. The minimum atomic E-state index is -1.25. The highest BCUT2D eigenvalue weighted by molar-refractivity contribution is 6.06. The molecule has 3 amide bonds. The lowest BCUT2D eigenvalue weighted by atomic mass is 9.74. The molecule has 1 N–H and O–H groups in total. The molecule has 5 atom stereocenters. The molecule has 192 valence electrons. The molecule has 4 heterocycles. The Morgan fingerprint density at radius 3 is 2.50 bits per heavy atom. The number of likely N-dealkylation sites (N-methyl/N-ethyl adjacent to an activating group) is 1. The van der Waals surface area contributed by atoms with Crippen molar-refractivity contribution >= 4 is 23.4 Å². The number of carbonyl (C=O) groups excluding carboxylic acids is 3. The van der Waals surface area contributed by atoms with Gasteiger partial charge in [0.2, 0.25) is 11.8 Å². The van der Waals surface area contributed by atoms with Gasteiger partial charge < -0.3 is 24.5 Å². The van der Waals surface area contributed by atoms with Crippen LogP contribution >= 0.6 is 0 Å². The lowest BCUT2D eigenvalue weighted by Crippen LogP contribution is -2.56. The summed E-state index contributed by atoms with van der Waals surface area (Å²) in [5, 5.41) is 9.35. The average molecular weight is 494 g/mol. The van der Waals surface area contributed by atoms with Crippen LogP contribution in [0.5, 0.6) is 0 Å². The highest BCUT2D eigenvalue weighted by Gasteiger charge is 2.74. The summed E-state index contributed by atoms with van der Waals surface area (Å²) >= 11 is 0. The highest BCUT2D eigenvalue weighted by Crippen LogP contribution is 2.57. The minimum absolute atomic E-state index is 0.00893. The van der Waals surface area contributed by atoms with Crippen molar-refractivity contribution in [2.75, 3.05) is 38.2 Å². The van der Waals surface area contributed by atoms with Crippen LogP contribution in [0.25, 0.3) is 0 Å². The van der Waals surface area contributed by atoms with E-state index in [0.29, 0.717) is 32.5 Å². The number of benzene rings is 1. The largest absolute Gasteiger partial charge is 0.396 e. The van der Waals surface area contributed by atoms with E-state index in [0.717, 1.165) is 16.8 Å². The van der Waals surface area contributed by atoms with Gasteiger partial charge in [0.25, 0.3) is 5.91 Å². The second-order valence-corrected chi connectivity index (χ2v) is 10.7. The van der Waals surface area contributed by atoms with Crippen LogP contribution in [0.1, 0.15) is 30.9 Å². The van der Waals surface area contributed by atoms with Crippen LogP contribution in [0.3, 0.4) is 0 Å². The fourth-order valence-electron chi connectivity index (χ4n) is 6.50. The number of carbonyl (C=O) groups is 3. The highest BCUT2D eigenvalue weighted by atomic mass is 16.5. The summed E-state index contributed by atoms with van der Waals surface area (Å²) in [6.07, 6.45) is 8.64. The van der Waals surface area contributed by atoms with Crippen molar-refractivity contribution in [3.8, 4) is 0 Å². The Kier molecular flexibility index (Phi) is 6.08. The van der Waals surface area contributed by atoms with Crippen LogP contribution in [0, 0.1) is 25.7 Å². The van der Waals surface area contributed by atoms with Gasteiger partial charge in [0.15, 0.2) is 0 Å². The van der Waals surface area contributed by atoms with Crippen molar-refractivity contribution in [3.05, 3.63) is 53.6 Å². The fourth-order valence-corrected chi connectivity index (χ4v) is 6.50. The SMILES string of the molecule is Cc1ccc(C)c(N2CC=C[C@]34O[C@]5(C)C=CCN(C)C(=O)[C@@H]5[C@H]3C(=O)N(CCCCO)C4C2=O)c1. The number of aliphatic hydroxyl groups excluding tert-OH is 1. The Morgan fingerprint density at radius 1 is 1.00 bits per heavy atom. The third-order valence-corrected chi connectivity index (χ3v) is 8.22. The monoisotopic (exact) mass is 493 g/mol. The first-order valence-electron chi connectivity index (χ1n) is 12.7. The first-order valence-corrected chi connectivity index (χ1v) is 12.7. The molecule has 2 saturated heterocycles. The van der Waals surface area contributed by atoms with E-state index in [1.807, 2.05) is 63.3 Å². The molecule has 2 fully saturated rings. The van der Waals surface area contributed by atoms with Crippen molar-refractivity contribution < 1.29 is 24.2 Å². The first-order chi connectivity index (χ1) is 17.1. The van der Waals surface area contributed by atoms with Gasteiger partial charge in [-0.15, -0.1) is 0 Å². The van der Waals surface area contributed by atoms with Gasteiger partial charge in [-0.1, -0.05) is 36.4 Å². The lowest BCUT2D eigenvalue weighted by molar-refractivity contribution is -0.148. The van der Waals surface area contributed by atoms with E-state index in [1.54, 1.807) is 21.7 Å². The standard InChI is InChI=1S/C28H35N3O5/c1-18-9-10-19(2)20(17-18)30-15-8-12-28-22(21-24(33)29(4)13-7-11-27(21,3)36-28)25(34)31(14-5-6-16-32)23(28)26(30)35/h7-12,17,21-23,32H,5-6,13-16H2,1-4H3/t21-,22-,23?,27+,28-/m0/s1. The molecular formula is C28H35N3O5. The molecular weight excluding hydrogens is 458 g/mol. The van der Waals surface area contributed by atoms with E-state index < -0.39 is 29.1 Å². The van der Waals surface area contributed by atoms with Crippen molar-refractivity contribution in [3.63, 3.8) is 0 Å². The third kappa shape index (κ3) is 3.53. The van der Waals surface area contributed by atoms with Gasteiger partial charge >= 0.3 is 0 Å². The van der Waals surface area contributed by atoms with Crippen LogP contribution in [0.4, 0.5) is 5.69 Å². The molecule has 4 aliphatic rings. The normalized spacial score (nSPS) is 33.5. The van der Waals surface area contributed by atoms with Crippen LogP contribution in [-0.2, 0) is 19.1 Å². The summed E-state index contributed by atoms with van der Waals surface area (Å²) in [4.78, 5) is 47.0. The molecule has 0 aliphatic carbocycles. The van der Waals surface area contributed by atoms with E-state index in [4.69, 9.17) is 4.74 Å². The number of aryl methyl sites for hydroxylation is 2. The Hall–Kier alpha value is -2.97. The minimum Gasteiger partial charge on any atom is -0.396 e. The van der Waals surface area contributed by atoms with E-state index in [9.17, 15) is 19.5 Å². The second-order valence-electron chi connectivity index (χ2n) is 10.7. The molecule has 1 aromatic carbocycles. The quantitative estimate of drug-likeness (QED) is 0.501.